The first-order valence-electron chi connectivity index (χ1n) is 5.98. The fourth-order valence-corrected chi connectivity index (χ4v) is 2.67. The Morgan fingerprint density at radius 3 is 2.68 bits per heavy atom. The molecule has 6 heteroatoms. The van der Waals surface area contributed by atoms with Gasteiger partial charge in [-0.1, -0.05) is 6.92 Å². The molecule has 1 atom stereocenters. The molecule has 0 fully saturated rings. The normalized spacial score (nSPS) is 12.2. The standard InChI is InChI=1S/C13H17N3O2S/c1-4-8-5-6-9(19-8)11(14)12-13(18-3)16-10(17-2)7-15-12/h5-7,11H,4,14H2,1-3H3. The zero-order valence-corrected chi connectivity index (χ0v) is 12.0. The van der Waals surface area contributed by atoms with Crippen molar-refractivity contribution >= 4 is 11.3 Å². The second-order valence-electron chi connectivity index (χ2n) is 3.94. The van der Waals surface area contributed by atoms with Crippen LogP contribution < -0.4 is 15.2 Å². The van der Waals surface area contributed by atoms with Crippen molar-refractivity contribution < 1.29 is 9.47 Å². The van der Waals surface area contributed by atoms with Gasteiger partial charge in [0, 0.05) is 9.75 Å². The Morgan fingerprint density at radius 1 is 1.32 bits per heavy atom. The fourth-order valence-electron chi connectivity index (χ4n) is 1.71. The van der Waals surface area contributed by atoms with Gasteiger partial charge in [-0.25, -0.2) is 4.98 Å². The fraction of sp³-hybridized carbons (Fsp3) is 0.385. The molecule has 0 saturated carbocycles. The minimum atomic E-state index is -0.335. The van der Waals surface area contributed by atoms with Crippen LogP contribution in [0.1, 0.15) is 28.4 Å². The smallest absolute Gasteiger partial charge is 0.240 e. The zero-order chi connectivity index (χ0) is 13.8. The molecule has 0 radical (unpaired) electrons. The van der Waals surface area contributed by atoms with Crippen LogP contribution in [0.5, 0.6) is 11.8 Å². The third-order valence-electron chi connectivity index (χ3n) is 2.78. The highest BCUT2D eigenvalue weighted by molar-refractivity contribution is 7.12. The second kappa shape index (κ2) is 5.99. The number of nitrogens with two attached hydrogens (primary N) is 1. The molecule has 1 unspecified atom stereocenters. The largest absolute Gasteiger partial charge is 0.480 e. The summed E-state index contributed by atoms with van der Waals surface area (Å²) in [5.74, 6) is 0.812. The summed E-state index contributed by atoms with van der Waals surface area (Å²) >= 11 is 1.69. The van der Waals surface area contributed by atoms with Crippen LogP contribution in [0.25, 0.3) is 0 Å². The summed E-state index contributed by atoms with van der Waals surface area (Å²) in [7, 11) is 3.08. The van der Waals surface area contributed by atoms with Crippen LogP contribution in [0.3, 0.4) is 0 Å². The van der Waals surface area contributed by atoms with Gasteiger partial charge in [-0.05, 0) is 18.6 Å². The molecule has 0 spiro atoms. The first kappa shape index (κ1) is 13.8. The van der Waals surface area contributed by atoms with Crippen LogP contribution in [0.15, 0.2) is 18.3 Å². The van der Waals surface area contributed by atoms with Crippen molar-refractivity contribution in [1.82, 2.24) is 9.97 Å². The average molecular weight is 279 g/mol. The number of methoxy groups -OCH3 is 2. The first-order valence-corrected chi connectivity index (χ1v) is 6.80. The van der Waals surface area contributed by atoms with Crippen LogP contribution in [-0.2, 0) is 6.42 Å². The lowest BCUT2D eigenvalue weighted by atomic mass is 10.2. The number of thiophene rings is 1. The van der Waals surface area contributed by atoms with E-state index in [1.54, 1.807) is 24.6 Å². The van der Waals surface area contributed by atoms with E-state index in [4.69, 9.17) is 15.2 Å². The predicted octanol–water partition coefficient (Wildman–Crippen LogP) is 2.17. The highest BCUT2D eigenvalue weighted by Gasteiger charge is 2.19. The van der Waals surface area contributed by atoms with Crippen LogP contribution in [-0.4, -0.2) is 24.2 Å². The molecule has 0 aromatic carbocycles. The predicted molar refractivity (Wildman–Crippen MR) is 74.9 cm³/mol. The molecule has 102 valence electrons. The molecule has 2 rings (SSSR count). The lowest BCUT2D eigenvalue weighted by Crippen LogP contribution is -2.14. The van der Waals surface area contributed by atoms with Gasteiger partial charge < -0.3 is 15.2 Å². The minimum absolute atomic E-state index is 0.335. The Morgan fingerprint density at radius 2 is 2.11 bits per heavy atom. The Balaban J connectivity index is 2.34. The number of aryl methyl sites for hydroxylation is 1. The van der Waals surface area contributed by atoms with Gasteiger partial charge in [0.05, 0.1) is 26.5 Å². The molecule has 2 aromatic heterocycles. The van der Waals surface area contributed by atoms with E-state index in [9.17, 15) is 0 Å². The van der Waals surface area contributed by atoms with Crippen molar-refractivity contribution in [3.8, 4) is 11.8 Å². The SMILES string of the molecule is CCc1ccc(C(N)c2ncc(OC)nc2OC)s1. The van der Waals surface area contributed by atoms with Crippen molar-refractivity contribution in [3.05, 3.63) is 33.8 Å². The molecule has 19 heavy (non-hydrogen) atoms. The van der Waals surface area contributed by atoms with Gasteiger partial charge in [0.1, 0.15) is 5.69 Å². The Hall–Kier alpha value is -1.66. The maximum Gasteiger partial charge on any atom is 0.240 e. The number of hydrogen-bond donors (Lipinski definition) is 1. The quantitative estimate of drug-likeness (QED) is 0.908. The van der Waals surface area contributed by atoms with Crippen LogP contribution in [0, 0.1) is 0 Å². The van der Waals surface area contributed by atoms with Gasteiger partial charge in [-0.2, -0.15) is 4.98 Å². The third kappa shape index (κ3) is 2.85. The molecule has 0 bridgehead atoms. The van der Waals surface area contributed by atoms with Gasteiger partial charge in [0.2, 0.25) is 11.8 Å². The molecule has 2 heterocycles. The molecule has 0 aliphatic rings. The van der Waals surface area contributed by atoms with Crippen molar-refractivity contribution in [2.45, 2.75) is 19.4 Å². The molecule has 0 aliphatic heterocycles. The number of ether oxygens (including phenoxy) is 2. The Labute approximate surface area is 116 Å². The highest BCUT2D eigenvalue weighted by atomic mass is 32.1. The molecule has 2 N–H and O–H groups in total. The summed E-state index contributed by atoms with van der Waals surface area (Å²) in [5, 5.41) is 0. The minimum Gasteiger partial charge on any atom is -0.480 e. The van der Waals surface area contributed by atoms with E-state index < -0.39 is 0 Å². The Bertz CT molecular complexity index is 557. The number of aromatic nitrogens is 2. The van der Waals surface area contributed by atoms with Crippen LogP contribution in [0.4, 0.5) is 0 Å². The average Bonchev–Trinajstić information content (AvgIpc) is 2.94. The van der Waals surface area contributed by atoms with Gasteiger partial charge in [-0.3, -0.25) is 0 Å². The topological polar surface area (TPSA) is 70.3 Å². The molecular formula is C13H17N3O2S. The Kier molecular flexibility index (Phi) is 4.34. The number of nitrogens with zero attached hydrogens (tertiary/aromatic N) is 2. The second-order valence-corrected chi connectivity index (χ2v) is 5.14. The highest BCUT2D eigenvalue weighted by Crippen LogP contribution is 2.30. The number of rotatable bonds is 5. The van der Waals surface area contributed by atoms with Crippen molar-refractivity contribution in [2.24, 2.45) is 5.73 Å². The summed E-state index contributed by atoms with van der Waals surface area (Å²) in [4.78, 5) is 10.8. The molecule has 2 aromatic rings. The van der Waals surface area contributed by atoms with Crippen LogP contribution in [0.2, 0.25) is 0 Å². The van der Waals surface area contributed by atoms with Gasteiger partial charge in [0.15, 0.2) is 0 Å². The maximum absolute atomic E-state index is 6.24. The van der Waals surface area contributed by atoms with E-state index in [-0.39, 0.29) is 6.04 Å². The summed E-state index contributed by atoms with van der Waals surface area (Å²) in [6, 6.07) is 3.78. The van der Waals surface area contributed by atoms with Crippen molar-refractivity contribution in [3.63, 3.8) is 0 Å². The third-order valence-corrected chi connectivity index (χ3v) is 4.09. The van der Waals surface area contributed by atoms with Crippen molar-refractivity contribution in [2.75, 3.05) is 14.2 Å². The van der Waals surface area contributed by atoms with Gasteiger partial charge >= 0.3 is 0 Å². The van der Waals surface area contributed by atoms with Gasteiger partial charge in [0.25, 0.3) is 0 Å². The van der Waals surface area contributed by atoms with E-state index >= 15 is 0 Å². The summed E-state index contributed by atoms with van der Waals surface area (Å²) in [6.07, 6.45) is 2.55. The van der Waals surface area contributed by atoms with E-state index in [1.807, 2.05) is 6.07 Å². The van der Waals surface area contributed by atoms with E-state index in [1.165, 1.54) is 12.0 Å². The lowest BCUT2D eigenvalue weighted by molar-refractivity contribution is 0.355. The van der Waals surface area contributed by atoms with E-state index in [0.29, 0.717) is 17.5 Å². The van der Waals surface area contributed by atoms with Crippen molar-refractivity contribution in [1.29, 1.82) is 0 Å². The monoisotopic (exact) mass is 279 g/mol. The summed E-state index contributed by atoms with van der Waals surface area (Å²) in [6.45, 7) is 2.12. The molecule has 5 nitrogen and oxygen atoms in total. The molecule has 0 aliphatic carbocycles. The summed E-state index contributed by atoms with van der Waals surface area (Å²) in [5.41, 5.74) is 6.86. The van der Waals surface area contributed by atoms with Gasteiger partial charge in [-0.15, -0.1) is 11.3 Å². The molecule has 0 saturated heterocycles. The maximum atomic E-state index is 6.24. The number of hydrogen-bond acceptors (Lipinski definition) is 6. The lowest BCUT2D eigenvalue weighted by Gasteiger charge is -2.13. The van der Waals surface area contributed by atoms with Crippen LogP contribution >= 0.6 is 11.3 Å². The molecular weight excluding hydrogens is 262 g/mol. The van der Waals surface area contributed by atoms with E-state index in [0.717, 1.165) is 11.3 Å². The zero-order valence-electron chi connectivity index (χ0n) is 11.2. The van der Waals surface area contributed by atoms with E-state index in [2.05, 4.69) is 23.0 Å². The summed E-state index contributed by atoms with van der Waals surface area (Å²) < 4.78 is 10.3. The first-order chi connectivity index (χ1) is 9.19. The molecule has 0 amide bonds.